The average Bonchev–Trinajstić information content (AvgIpc) is 2.56. The Bertz CT molecular complexity index is 349. The van der Waals surface area contributed by atoms with Gasteiger partial charge < -0.3 is 20.4 Å². The van der Waals surface area contributed by atoms with Crippen LogP contribution >= 0.6 is 0 Å². The van der Waals surface area contributed by atoms with E-state index in [2.05, 4.69) is 41.3 Å². The zero-order valence-corrected chi connectivity index (χ0v) is 15.3. The Morgan fingerprint density at radius 1 is 1.17 bits per heavy atom. The molecule has 2 aliphatic heterocycles. The third-order valence-electron chi connectivity index (χ3n) is 5.51. The van der Waals surface area contributed by atoms with Gasteiger partial charge in [-0.05, 0) is 50.7 Å². The van der Waals surface area contributed by atoms with Crippen LogP contribution in [-0.2, 0) is 4.79 Å². The number of hydrogen-bond donors (Lipinski definition) is 2. The van der Waals surface area contributed by atoms with E-state index >= 15 is 0 Å². The number of carbonyl (C=O) groups excluding carboxylic acids is 1. The topological polar surface area (TPSA) is 47.6 Å². The highest BCUT2D eigenvalue weighted by molar-refractivity contribution is 5.76. The van der Waals surface area contributed by atoms with Crippen molar-refractivity contribution in [1.29, 1.82) is 0 Å². The molecule has 1 amide bonds. The van der Waals surface area contributed by atoms with Gasteiger partial charge in [0.1, 0.15) is 0 Å². The third-order valence-corrected chi connectivity index (χ3v) is 5.51. The molecular weight excluding hydrogens is 288 g/mol. The van der Waals surface area contributed by atoms with Crippen LogP contribution in [0.2, 0.25) is 0 Å². The van der Waals surface area contributed by atoms with Gasteiger partial charge in [-0.1, -0.05) is 13.8 Å². The molecule has 2 aliphatic rings. The average molecular weight is 325 g/mol. The van der Waals surface area contributed by atoms with Crippen molar-refractivity contribution in [3.8, 4) is 0 Å². The molecule has 5 heteroatoms. The molecule has 0 radical (unpaired) electrons. The lowest BCUT2D eigenvalue weighted by Crippen LogP contribution is -2.47. The van der Waals surface area contributed by atoms with Gasteiger partial charge >= 0.3 is 0 Å². The molecular formula is C18H36N4O. The first-order valence-electron chi connectivity index (χ1n) is 9.43. The summed E-state index contributed by atoms with van der Waals surface area (Å²) in [6.07, 6.45) is 3.12. The van der Waals surface area contributed by atoms with Gasteiger partial charge in [0.15, 0.2) is 0 Å². The van der Waals surface area contributed by atoms with E-state index in [1.54, 1.807) is 0 Å². The summed E-state index contributed by atoms with van der Waals surface area (Å²) in [5.41, 5.74) is 0. The Morgan fingerprint density at radius 3 is 2.48 bits per heavy atom. The van der Waals surface area contributed by atoms with Crippen molar-refractivity contribution in [1.82, 2.24) is 20.4 Å². The maximum Gasteiger partial charge on any atom is 0.220 e. The summed E-state index contributed by atoms with van der Waals surface area (Å²) in [5, 5.41) is 6.56. The molecule has 0 aromatic carbocycles. The van der Waals surface area contributed by atoms with Gasteiger partial charge in [0.05, 0.1) is 0 Å². The van der Waals surface area contributed by atoms with Gasteiger partial charge in [0.25, 0.3) is 0 Å². The number of rotatable bonds is 7. The van der Waals surface area contributed by atoms with Gasteiger partial charge in [-0.25, -0.2) is 0 Å². The number of hydrogen-bond acceptors (Lipinski definition) is 4. The molecule has 2 saturated heterocycles. The zero-order valence-electron chi connectivity index (χ0n) is 15.3. The molecule has 0 saturated carbocycles. The smallest absolute Gasteiger partial charge is 0.220 e. The highest BCUT2D eigenvalue weighted by Gasteiger charge is 2.22. The molecule has 2 fully saturated rings. The maximum absolute atomic E-state index is 12.2. The van der Waals surface area contributed by atoms with Crippen molar-refractivity contribution in [2.45, 2.75) is 33.1 Å². The normalized spacial score (nSPS) is 24.3. The molecule has 2 rings (SSSR count). The molecule has 2 atom stereocenters. The lowest BCUT2D eigenvalue weighted by molar-refractivity contribution is -0.122. The Labute approximate surface area is 142 Å². The number of piperidine rings is 1. The van der Waals surface area contributed by atoms with E-state index in [4.69, 9.17) is 0 Å². The maximum atomic E-state index is 12.2. The molecule has 0 aliphatic carbocycles. The van der Waals surface area contributed by atoms with E-state index in [9.17, 15) is 4.79 Å². The molecule has 0 aromatic rings. The van der Waals surface area contributed by atoms with E-state index in [0.29, 0.717) is 24.2 Å². The molecule has 2 heterocycles. The molecule has 0 aromatic heterocycles. The third kappa shape index (κ3) is 6.77. The van der Waals surface area contributed by atoms with Gasteiger partial charge in [-0.2, -0.15) is 0 Å². The lowest BCUT2D eigenvalue weighted by atomic mass is 9.84. The monoisotopic (exact) mass is 324 g/mol. The Balaban J connectivity index is 1.59. The van der Waals surface area contributed by atoms with Crippen LogP contribution in [0, 0.1) is 17.8 Å². The predicted octanol–water partition coefficient (Wildman–Crippen LogP) is 1.01. The van der Waals surface area contributed by atoms with Gasteiger partial charge in [-0.15, -0.1) is 0 Å². The van der Waals surface area contributed by atoms with E-state index in [1.807, 2.05) is 0 Å². The van der Waals surface area contributed by atoms with Crippen molar-refractivity contribution < 1.29 is 4.79 Å². The summed E-state index contributed by atoms with van der Waals surface area (Å²) in [4.78, 5) is 17.1. The van der Waals surface area contributed by atoms with Crippen LogP contribution in [0.5, 0.6) is 0 Å². The zero-order chi connectivity index (χ0) is 16.7. The highest BCUT2D eigenvalue weighted by atomic mass is 16.1. The molecule has 2 N–H and O–H groups in total. The fraction of sp³-hybridized carbons (Fsp3) is 0.944. The van der Waals surface area contributed by atoms with Crippen LogP contribution < -0.4 is 10.6 Å². The van der Waals surface area contributed by atoms with Crippen LogP contribution in [0.1, 0.15) is 33.1 Å². The van der Waals surface area contributed by atoms with Crippen molar-refractivity contribution in [3.63, 3.8) is 0 Å². The van der Waals surface area contributed by atoms with E-state index in [-0.39, 0.29) is 5.91 Å². The SMILES string of the molecule is CC(CNC(=O)CC(C)C1CCNCC1)CN1CCN(C)CC1. The minimum atomic E-state index is 0.237. The summed E-state index contributed by atoms with van der Waals surface area (Å²) in [5.74, 6) is 1.98. The number of piperazine rings is 1. The minimum absolute atomic E-state index is 0.237. The Kier molecular flexibility index (Phi) is 7.80. The van der Waals surface area contributed by atoms with E-state index < -0.39 is 0 Å². The van der Waals surface area contributed by atoms with Crippen molar-refractivity contribution >= 4 is 5.91 Å². The summed E-state index contributed by atoms with van der Waals surface area (Å²) >= 11 is 0. The molecule has 23 heavy (non-hydrogen) atoms. The fourth-order valence-electron chi connectivity index (χ4n) is 3.77. The van der Waals surface area contributed by atoms with Gasteiger partial charge in [-0.3, -0.25) is 4.79 Å². The predicted molar refractivity (Wildman–Crippen MR) is 95.5 cm³/mol. The van der Waals surface area contributed by atoms with Crippen molar-refractivity contribution in [3.05, 3.63) is 0 Å². The van der Waals surface area contributed by atoms with Gasteiger partial charge in [0.2, 0.25) is 5.91 Å². The van der Waals surface area contributed by atoms with Crippen molar-refractivity contribution in [2.75, 3.05) is 59.4 Å². The van der Waals surface area contributed by atoms with Crippen LogP contribution in [0.15, 0.2) is 0 Å². The molecule has 2 unspecified atom stereocenters. The van der Waals surface area contributed by atoms with Crippen molar-refractivity contribution in [2.24, 2.45) is 17.8 Å². The highest BCUT2D eigenvalue weighted by Crippen LogP contribution is 2.24. The van der Waals surface area contributed by atoms with Crippen LogP contribution in [0.4, 0.5) is 0 Å². The number of likely N-dealkylation sites (N-methyl/N-ethyl adjacent to an activating group) is 1. The van der Waals surface area contributed by atoms with Crippen LogP contribution in [0.3, 0.4) is 0 Å². The second-order valence-electron chi connectivity index (χ2n) is 7.78. The Hall–Kier alpha value is -0.650. The second-order valence-corrected chi connectivity index (χ2v) is 7.78. The molecule has 0 spiro atoms. The number of amides is 1. The summed E-state index contributed by atoms with van der Waals surface area (Å²) < 4.78 is 0. The second kappa shape index (κ2) is 9.60. The summed E-state index contributed by atoms with van der Waals surface area (Å²) in [7, 11) is 2.19. The van der Waals surface area contributed by atoms with Crippen LogP contribution in [0.25, 0.3) is 0 Å². The quantitative estimate of drug-likeness (QED) is 0.734. The van der Waals surface area contributed by atoms with Gasteiger partial charge in [0, 0.05) is 45.7 Å². The Morgan fingerprint density at radius 2 is 1.83 bits per heavy atom. The lowest BCUT2D eigenvalue weighted by Gasteiger charge is -2.34. The first kappa shape index (κ1) is 18.7. The number of nitrogens with one attached hydrogen (secondary N) is 2. The fourth-order valence-corrected chi connectivity index (χ4v) is 3.77. The summed E-state index contributed by atoms with van der Waals surface area (Å²) in [6.45, 7) is 13.2. The first-order chi connectivity index (χ1) is 11.0. The number of carbonyl (C=O) groups is 1. The summed E-state index contributed by atoms with van der Waals surface area (Å²) in [6, 6.07) is 0. The first-order valence-corrected chi connectivity index (χ1v) is 9.43. The number of nitrogens with zero attached hydrogens (tertiary/aromatic N) is 2. The van der Waals surface area contributed by atoms with Crippen LogP contribution in [-0.4, -0.2) is 75.1 Å². The van der Waals surface area contributed by atoms with E-state index in [1.165, 1.54) is 12.8 Å². The molecule has 134 valence electrons. The largest absolute Gasteiger partial charge is 0.356 e. The standard InChI is InChI=1S/C18H36N4O/c1-15(14-22-10-8-21(3)9-11-22)13-20-18(23)12-16(2)17-4-6-19-7-5-17/h15-17,19H,4-14H2,1-3H3,(H,20,23). The minimum Gasteiger partial charge on any atom is -0.356 e. The van der Waals surface area contributed by atoms with E-state index in [0.717, 1.165) is 52.4 Å². The molecule has 5 nitrogen and oxygen atoms in total. The molecule has 0 bridgehead atoms.